The molecule has 1 saturated heterocycles. The molecule has 1 aromatic heterocycles. The summed E-state index contributed by atoms with van der Waals surface area (Å²) in [6.07, 6.45) is 2.24. The van der Waals surface area contributed by atoms with Crippen LogP contribution in [0.5, 0.6) is 0 Å². The standard InChI is InChI=1S/C13H19ClN4S/c1-9(2)18-6-4-10(5-7-18)17(3)13-11(8-15)12(14)16-19-13/h9-10H,4-7H2,1-3H3. The quantitative estimate of drug-likeness (QED) is 0.860. The first kappa shape index (κ1) is 14.6. The lowest BCUT2D eigenvalue weighted by atomic mass is 10.0. The highest BCUT2D eigenvalue weighted by molar-refractivity contribution is 7.10. The average Bonchev–Trinajstić information content (AvgIpc) is 2.79. The molecule has 104 valence electrons. The van der Waals surface area contributed by atoms with Gasteiger partial charge in [-0.05, 0) is 38.2 Å². The Labute approximate surface area is 123 Å². The van der Waals surface area contributed by atoms with Gasteiger partial charge < -0.3 is 9.80 Å². The third-order valence-electron chi connectivity index (χ3n) is 3.84. The number of hydrogen-bond donors (Lipinski definition) is 0. The lowest BCUT2D eigenvalue weighted by Gasteiger charge is -2.38. The van der Waals surface area contributed by atoms with E-state index in [0.717, 1.165) is 30.9 Å². The van der Waals surface area contributed by atoms with E-state index in [1.165, 1.54) is 11.5 Å². The molecule has 2 rings (SSSR count). The van der Waals surface area contributed by atoms with Gasteiger partial charge in [0.25, 0.3) is 0 Å². The molecule has 6 heteroatoms. The summed E-state index contributed by atoms with van der Waals surface area (Å²) < 4.78 is 4.08. The number of anilines is 1. The smallest absolute Gasteiger partial charge is 0.162 e. The van der Waals surface area contributed by atoms with Gasteiger partial charge in [-0.2, -0.15) is 9.64 Å². The summed E-state index contributed by atoms with van der Waals surface area (Å²) in [5.74, 6) is 0. The highest BCUT2D eigenvalue weighted by Crippen LogP contribution is 2.33. The molecule has 0 N–H and O–H groups in total. The minimum Gasteiger partial charge on any atom is -0.361 e. The second-order valence-corrected chi connectivity index (χ2v) is 6.35. The van der Waals surface area contributed by atoms with Crippen LogP contribution in [0.1, 0.15) is 32.3 Å². The Morgan fingerprint density at radius 1 is 1.47 bits per heavy atom. The van der Waals surface area contributed by atoms with Crippen molar-refractivity contribution in [3.63, 3.8) is 0 Å². The van der Waals surface area contributed by atoms with Crippen molar-refractivity contribution in [2.24, 2.45) is 0 Å². The topological polar surface area (TPSA) is 43.2 Å². The molecule has 4 nitrogen and oxygen atoms in total. The number of nitrogens with zero attached hydrogens (tertiary/aromatic N) is 4. The predicted molar refractivity (Wildman–Crippen MR) is 80.0 cm³/mol. The first-order valence-corrected chi connectivity index (χ1v) is 7.72. The Kier molecular flexibility index (Phi) is 4.67. The van der Waals surface area contributed by atoms with Gasteiger partial charge in [-0.3, -0.25) is 0 Å². The van der Waals surface area contributed by atoms with Crippen LogP contribution in [-0.2, 0) is 0 Å². The fourth-order valence-electron chi connectivity index (χ4n) is 2.55. The van der Waals surface area contributed by atoms with Crippen molar-refractivity contribution in [1.29, 1.82) is 5.26 Å². The van der Waals surface area contributed by atoms with Crippen LogP contribution in [-0.4, -0.2) is 41.5 Å². The van der Waals surface area contributed by atoms with Crippen molar-refractivity contribution in [2.75, 3.05) is 25.0 Å². The summed E-state index contributed by atoms with van der Waals surface area (Å²) in [7, 11) is 2.04. The molecule has 0 saturated carbocycles. The number of nitriles is 1. The highest BCUT2D eigenvalue weighted by atomic mass is 35.5. The van der Waals surface area contributed by atoms with Gasteiger partial charge >= 0.3 is 0 Å². The molecule has 0 aliphatic carbocycles. The molecule has 0 unspecified atom stereocenters. The molecule has 0 aromatic carbocycles. The van der Waals surface area contributed by atoms with Crippen LogP contribution in [0.3, 0.4) is 0 Å². The molecule has 1 fully saturated rings. The zero-order valence-electron chi connectivity index (χ0n) is 11.6. The summed E-state index contributed by atoms with van der Waals surface area (Å²) >= 11 is 7.25. The van der Waals surface area contributed by atoms with E-state index in [2.05, 4.69) is 34.1 Å². The van der Waals surface area contributed by atoms with Crippen molar-refractivity contribution < 1.29 is 0 Å². The van der Waals surface area contributed by atoms with E-state index in [0.29, 0.717) is 22.8 Å². The van der Waals surface area contributed by atoms with E-state index in [9.17, 15) is 0 Å². The lowest BCUT2D eigenvalue weighted by molar-refractivity contribution is 0.171. The average molecular weight is 299 g/mol. The summed E-state index contributed by atoms with van der Waals surface area (Å²) in [4.78, 5) is 4.68. The van der Waals surface area contributed by atoms with Gasteiger partial charge in [-0.25, -0.2) is 0 Å². The number of piperidine rings is 1. The largest absolute Gasteiger partial charge is 0.361 e. The van der Waals surface area contributed by atoms with Crippen LogP contribution in [0, 0.1) is 11.3 Å². The van der Waals surface area contributed by atoms with Crippen LogP contribution in [0.2, 0.25) is 5.15 Å². The van der Waals surface area contributed by atoms with E-state index >= 15 is 0 Å². The molecule has 0 radical (unpaired) electrons. The van der Waals surface area contributed by atoms with Crippen molar-refractivity contribution in [3.8, 4) is 6.07 Å². The van der Waals surface area contributed by atoms with Gasteiger partial charge in [0.2, 0.25) is 0 Å². The van der Waals surface area contributed by atoms with Crippen LogP contribution in [0.15, 0.2) is 0 Å². The molecule has 0 bridgehead atoms. The molecule has 1 aliphatic heterocycles. The maximum Gasteiger partial charge on any atom is 0.162 e. The Hall–Kier alpha value is -0.830. The van der Waals surface area contributed by atoms with Crippen LogP contribution in [0.4, 0.5) is 5.00 Å². The van der Waals surface area contributed by atoms with Crippen molar-refractivity contribution in [2.45, 2.75) is 38.8 Å². The Bertz CT molecular complexity index is 471. The highest BCUT2D eigenvalue weighted by Gasteiger charge is 2.26. The molecular weight excluding hydrogens is 280 g/mol. The Morgan fingerprint density at radius 3 is 2.63 bits per heavy atom. The maximum absolute atomic E-state index is 9.15. The molecule has 1 aromatic rings. The van der Waals surface area contributed by atoms with Gasteiger partial charge in [0.1, 0.15) is 16.6 Å². The molecule has 2 heterocycles. The number of rotatable bonds is 3. The van der Waals surface area contributed by atoms with Crippen molar-refractivity contribution in [1.82, 2.24) is 9.27 Å². The van der Waals surface area contributed by atoms with E-state index in [-0.39, 0.29) is 0 Å². The molecule has 0 amide bonds. The fraction of sp³-hybridized carbons (Fsp3) is 0.692. The number of aromatic nitrogens is 1. The third kappa shape index (κ3) is 3.02. The monoisotopic (exact) mass is 298 g/mol. The van der Waals surface area contributed by atoms with Gasteiger partial charge in [0.05, 0.1) is 0 Å². The van der Waals surface area contributed by atoms with Gasteiger partial charge in [-0.15, -0.1) is 0 Å². The zero-order chi connectivity index (χ0) is 14.0. The van der Waals surface area contributed by atoms with Gasteiger partial charge in [0.15, 0.2) is 5.15 Å². The normalized spacial score (nSPS) is 17.7. The Morgan fingerprint density at radius 2 is 2.11 bits per heavy atom. The lowest BCUT2D eigenvalue weighted by Crippen LogP contribution is -2.45. The minimum absolute atomic E-state index is 0.328. The molecule has 0 atom stereocenters. The van der Waals surface area contributed by atoms with E-state index in [1.807, 2.05) is 7.05 Å². The summed E-state index contributed by atoms with van der Waals surface area (Å²) in [6, 6.07) is 3.24. The van der Waals surface area contributed by atoms with Crippen LogP contribution < -0.4 is 4.90 Å². The molecule has 19 heavy (non-hydrogen) atoms. The molecular formula is C13H19ClN4S. The molecule has 0 spiro atoms. The fourth-order valence-corrected chi connectivity index (χ4v) is 3.61. The minimum atomic E-state index is 0.328. The molecule has 1 aliphatic rings. The van der Waals surface area contributed by atoms with E-state index < -0.39 is 0 Å². The number of halogens is 1. The first-order chi connectivity index (χ1) is 9.04. The SMILES string of the molecule is CC(C)N1CCC(N(C)c2snc(Cl)c2C#N)CC1. The van der Waals surface area contributed by atoms with Gasteiger partial charge in [0, 0.05) is 32.2 Å². The second kappa shape index (κ2) is 6.08. The summed E-state index contributed by atoms with van der Waals surface area (Å²) in [6.45, 7) is 6.70. The van der Waals surface area contributed by atoms with Crippen molar-refractivity contribution >= 4 is 28.1 Å². The second-order valence-electron chi connectivity index (χ2n) is 5.24. The first-order valence-electron chi connectivity index (χ1n) is 6.56. The Balaban J connectivity index is 2.05. The number of likely N-dealkylation sites (tertiary alicyclic amines) is 1. The van der Waals surface area contributed by atoms with E-state index in [1.54, 1.807) is 0 Å². The van der Waals surface area contributed by atoms with Crippen LogP contribution in [0.25, 0.3) is 0 Å². The van der Waals surface area contributed by atoms with Crippen LogP contribution >= 0.6 is 23.1 Å². The predicted octanol–water partition coefficient (Wildman–Crippen LogP) is 2.98. The summed E-state index contributed by atoms with van der Waals surface area (Å²) in [5, 5.41) is 10.4. The van der Waals surface area contributed by atoms with Gasteiger partial charge in [-0.1, -0.05) is 11.6 Å². The van der Waals surface area contributed by atoms with Crippen molar-refractivity contribution in [3.05, 3.63) is 10.7 Å². The maximum atomic E-state index is 9.15. The van der Waals surface area contributed by atoms with E-state index in [4.69, 9.17) is 16.9 Å². The zero-order valence-corrected chi connectivity index (χ0v) is 13.1. The summed E-state index contributed by atoms with van der Waals surface area (Å²) in [5.41, 5.74) is 0.514. The third-order valence-corrected chi connectivity index (χ3v) is 5.15. The number of hydrogen-bond acceptors (Lipinski definition) is 5.